The molecule has 0 bridgehead atoms. The van der Waals surface area contributed by atoms with E-state index in [9.17, 15) is 13.2 Å². The van der Waals surface area contributed by atoms with Crippen LogP contribution >= 0.6 is 11.8 Å². The van der Waals surface area contributed by atoms with Crippen molar-refractivity contribution in [2.45, 2.75) is 16.8 Å². The molecule has 0 aliphatic carbocycles. The van der Waals surface area contributed by atoms with Crippen molar-refractivity contribution in [1.29, 1.82) is 0 Å². The Morgan fingerprint density at radius 1 is 1.25 bits per heavy atom. The van der Waals surface area contributed by atoms with Gasteiger partial charge in [-0.05, 0) is 36.8 Å². The number of carbonyl (C=O) groups excluding carboxylic acids is 1. The lowest BCUT2D eigenvalue weighted by molar-refractivity contribution is -0.113. The molecule has 2 aromatic rings. The molecule has 0 saturated heterocycles. The Bertz CT molecular complexity index is 822. The summed E-state index contributed by atoms with van der Waals surface area (Å²) in [5, 5.41) is 3.52. The predicted molar refractivity (Wildman–Crippen MR) is 95.6 cm³/mol. The number of hydrogen-bond donors (Lipinski definition) is 1. The summed E-state index contributed by atoms with van der Waals surface area (Å²) in [7, 11) is -0.602. The Labute approximate surface area is 146 Å². The summed E-state index contributed by atoms with van der Waals surface area (Å²) in [4.78, 5) is 16.4. The molecule has 8 heteroatoms. The van der Waals surface area contributed by atoms with Crippen molar-refractivity contribution >= 4 is 33.4 Å². The van der Waals surface area contributed by atoms with E-state index in [-0.39, 0.29) is 16.6 Å². The van der Waals surface area contributed by atoms with Crippen molar-refractivity contribution in [3.63, 3.8) is 0 Å². The summed E-state index contributed by atoms with van der Waals surface area (Å²) in [5.74, 6) is -0.0191. The monoisotopic (exact) mass is 365 g/mol. The van der Waals surface area contributed by atoms with E-state index in [2.05, 4.69) is 10.3 Å². The number of aryl methyl sites for hydroxylation is 1. The normalized spacial score (nSPS) is 11.5. The first kappa shape index (κ1) is 18.4. The Kier molecular flexibility index (Phi) is 5.98. The van der Waals surface area contributed by atoms with Crippen molar-refractivity contribution in [2.24, 2.45) is 0 Å². The third kappa shape index (κ3) is 4.56. The van der Waals surface area contributed by atoms with E-state index >= 15 is 0 Å². The van der Waals surface area contributed by atoms with Crippen molar-refractivity contribution in [3.8, 4) is 0 Å². The van der Waals surface area contributed by atoms with Crippen molar-refractivity contribution in [2.75, 3.05) is 25.2 Å². The molecule has 1 aromatic carbocycles. The minimum atomic E-state index is -3.54. The van der Waals surface area contributed by atoms with Crippen LogP contribution in [0.2, 0.25) is 0 Å². The third-order valence-corrected chi connectivity index (χ3v) is 6.01. The molecule has 6 nitrogen and oxygen atoms in total. The van der Waals surface area contributed by atoms with Gasteiger partial charge in [0.2, 0.25) is 15.9 Å². The maximum absolute atomic E-state index is 12.2. The number of nitrogens with zero attached hydrogens (tertiary/aromatic N) is 2. The number of nitrogens with one attached hydrogen (secondary N) is 1. The van der Waals surface area contributed by atoms with Gasteiger partial charge in [-0.2, -0.15) is 0 Å². The van der Waals surface area contributed by atoms with Crippen LogP contribution in [0.25, 0.3) is 0 Å². The van der Waals surface area contributed by atoms with Gasteiger partial charge in [-0.15, -0.1) is 0 Å². The molecule has 0 atom stereocenters. The van der Waals surface area contributed by atoms with Gasteiger partial charge in [0.15, 0.2) is 0 Å². The summed E-state index contributed by atoms with van der Waals surface area (Å²) in [6, 6.07) is 10.2. The number of aromatic nitrogens is 1. The van der Waals surface area contributed by atoms with Crippen LogP contribution in [0.15, 0.2) is 52.5 Å². The molecule has 2 rings (SSSR count). The fourth-order valence-electron chi connectivity index (χ4n) is 1.87. The summed E-state index contributed by atoms with van der Waals surface area (Å²) < 4.78 is 25.5. The Morgan fingerprint density at radius 2 is 2.00 bits per heavy atom. The molecule has 1 aromatic heterocycles. The number of pyridine rings is 1. The number of rotatable bonds is 6. The van der Waals surface area contributed by atoms with Crippen LogP contribution in [-0.4, -0.2) is 43.5 Å². The Morgan fingerprint density at radius 3 is 2.62 bits per heavy atom. The van der Waals surface area contributed by atoms with Gasteiger partial charge in [0.25, 0.3) is 0 Å². The number of anilines is 1. The average Bonchev–Trinajstić information content (AvgIpc) is 2.55. The zero-order valence-electron chi connectivity index (χ0n) is 13.7. The van der Waals surface area contributed by atoms with Gasteiger partial charge in [-0.1, -0.05) is 23.9 Å². The number of hydrogen-bond acceptors (Lipinski definition) is 5. The lowest BCUT2D eigenvalue weighted by Gasteiger charge is -2.14. The highest BCUT2D eigenvalue weighted by Crippen LogP contribution is 2.22. The van der Waals surface area contributed by atoms with Crippen LogP contribution in [-0.2, 0) is 14.8 Å². The molecule has 1 N–H and O–H groups in total. The molecule has 0 saturated carbocycles. The summed E-state index contributed by atoms with van der Waals surface area (Å²) in [6.07, 6.45) is 1.67. The highest BCUT2D eigenvalue weighted by Gasteiger charge is 2.18. The van der Waals surface area contributed by atoms with Crippen molar-refractivity contribution < 1.29 is 13.2 Å². The molecule has 0 unspecified atom stereocenters. The standard InChI is InChI=1S/C16H19N3O3S2/c1-12-7-8-13(24(21,22)19(2)3)10-14(12)18-15(20)11-23-16-6-4-5-9-17-16/h4-10H,11H2,1-3H3,(H,18,20). The zero-order chi connectivity index (χ0) is 17.7. The van der Waals surface area contributed by atoms with E-state index < -0.39 is 10.0 Å². The third-order valence-electron chi connectivity index (χ3n) is 3.25. The highest BCUT2D eigenvalue weighted by molar-refractivity contribution is 7.99. The van der Waals surface area contributed by atoms with Crippen LogP contribution in [0.1, 0.15) is 5.56 Å². The highest BCUT2D eigenvalue weighted by atomic mass is 32.2. The number of carbonyl (C=O) groups is 1. The van der Waals surface area contributed by atoms with Crippen LogP contribution in [0.5, 0.6) is 0 Å². The maximum atomic E-state index is 12.2. The van der Waals surface area contributed by atoms with E-state index in [1.54, 1.807) is 12.3 Å². The van der Waals surface area contributed by atoms with Gasteiger partial charge in [-0.25, -0.2) is 17.7 Å². The quantitative estimate of drug-likeness (QED) is 0.795. The Hall–Kier alpha value is -1.90. The number of sulfonamides is 1. The van der Waals surface area contributed by atoms with Crippen LogP contribution in [0, 0.1) is 6.92 Å². The predicted octanol–water partition coefficient (Wildman–Crippen LogP) is 2.37. The van der Waals surface area contributed by atoms with Crippen LogP contribution in [0.4, 0.5) is 5.69 Å². The molecule has 1 heterocycles. The molecule has 0 aliphatic rings. The number of benzene rings is 1. The Balaban J connectivity index is 2.10. The molecule has 0 aliphatic heterocycles. The van der Waals surface area contributed by atoms with E-state index in [0.717, 1.165) is 14.9 Å². The van der Waals surface area contributed by atoms with Gasteiger partial charge in [0, 0.05) is 26.0 Å². The first-order valence-electron chi connectivity index (χ1n) is 7.17. The summed E-state index contributed by atoms with van der Waals surface area (Å²) in [5.41, 5.74) is 1.29. The fourth-order valence-corrected chi connectivity index (χ4v) is 3.46. The van der Waals surface area contributed by atoms with E-state index in [0.29, 0.717) is 5.69 Å². The molecule has 24 heavy (non-hydrogen) atoms. The van der Waals surface area contributed by atoms with Gasteiger partial charge in [0.1, 0.15) is 0 Å². The molecule has 0 radical (unpaired) electrons. The second kappa shape index (κ2) is 7.78. The largest absolute Gasteiger partial charge is 0.325 e. The first-order valence-corrected chi connectivity index (χ1v) is 9.60. The minimum Gasteiger partial charge on any atom is -0.325 e. The van der Waals surface area contributed by atoms with E-state index in [4.69, 9.17) is 0 Å². The smallest absolute Gasteiger partial charge is 0.242 e. The summed E-state index contributed by atoms with van der Waals surface area (Å²) in [6.45, 7) is 1.81. The second-order valence-electron chi connectivity index (χ2n) is 5.27. The van der Waals surface area contributed by atoms with Gasteiger partial charge in [0.05, 0.1) is 15.7 Å². The minimum absolute atomic E-state index is 0.144. The zero-order valence-corrected chi connectivity index (χ0v) is 15.3. The topological polar surface area (TPSA) is 79.4 Å². The average molecular weight is 365 g/mol. The number of amides is 1. The van der Waals surface area contributed by atoms with Gasteiger partial charge in [-0.3, -0.25) is 4.79 Å². The molecular weight excluding hydrogens is 346 g/mol. The van der Waals surface area contributed by atoms with Crippen molar-refractivity contribution in [1.82, 2.24) is 9.29 Å². The molecular formula is C16H19N3O3S2. The van der Waals surface area contributed by atoms with Gasteiger partial charge < -0.3 is 5.32 Å². The lowest BCUT2D eigenvalue weighted by atomic mass is 10.2. The number of thioether (sulfide) groups is 1. The fraction of sp³-hybridized carbons (Fsp3) is 0.250. The second-order valence-corrected chi connectivity index (χ2v) is 8.42. The summed E-state index contributed by atoms with van der Waals surface area (Å²) >= 11 is 1.32. The molecule has 128 valence electrons. The van der Waals surface area contributed by atoms with E-state index in [1.165, 1.54) is 38.0 Å². The first-order chi connectivity index (χ1) is 11.3. The van der Waals surface area contributed by atoms with Crippen molar-refractivity contribution in [3.05, 3.63) is 48.2 Å². The molecule has 0 fully saturated rings. The van der Waals surface area contributed by atoms with E-state index in [1.807, 2.05) is 25.1 Å². The molecule has 0 spiro atoms. The van der Waals surface area contributed by atoms with Crippen LogP contribution in [0.3, 0.4) is 0 Å². The molecule has 1 amide bonds. The maximum Gasteiger partial charge on any atom is 0.242 e. The SMILES string of the molecule is Cc1ccc(S(=O)(=O)N(C)C)cc1NC(=O)CSc1ccccn1. The van der Waals surface area contributed by atoms with Gasteiger partial charge >= 0.3 is 0 Å². The lowest BCUT2D eigenvalue weighted by Crippen LogP contribution is -2.22. The van der Waals surface area contributed by atoms with Crippen LogP contribution < -0.4 is 5.32 Å².